The van der Waals surface area contributed by atoms with Crippen LogP contribution in [0.2, 0.25) is 0 Å². The van der Waals surface area contributed by atoms with Gasteiger partial charge in [-0.1, -0.05) is 49.2 Å². The van der Waals surface area contributed by atoms with Crippen molar-refractivity contribution in [1.29, 1.82) is 0 Å². The van der Waals surface area contributed by atoms with Crippen LogP contribution in [0.1, 0.15) is 63.4 Å². The number of nitrogens with one attached hydrogen (secondary N) is 3. The molecule has 0 aromatic heterocycles. The molecule has 1 aromatic rings. The smallest absolute Gasteiger partial charge is 0.407 e. The first-order valence-electron chi connectivity index (χ1n) is 12.8. The lowest BCUT2D eigenvalue weighted by Crippen LogP contribution is -2.50. The van der Waals surface area contributed by atoms with Crippen LogP contribution in [0, 0.1) is 5.92 Å². The SMILES string of the molecule is C=CC[C@H](CC(=O)NC1(CO)CCCC1)C(=O)N[C@H](CO)CCCCNC(=O)OCc1ccccc1. The van der Waals surface area contributed by atoms with E-state index in [0.717, 1.165) is 31.2 Å². The first kappa shape index (κ1) is 29.3. The van der Waals surface area contributed by atoms with Crippen molar-refractivity contribution in [3.05, 3.63) is 48.6 Å². The number of alkyl carbamates (subject to hydrolysis) is 1. The van der Waals surface area contributed by atoms with Crippen LogP contribution in [-0.2, 0) is 20.9 Å². The maximum absolute atomic E-state index is 12.8. The first-order valence-corrected chi connectivity index (χ1v) is 12.8. The zero-order valence-corrected chi connectivity index (χ0v) is 21.0. The molecule has 9 nitrogen and oxygen atoms in total. The second-order valence-electron chi connectivity index (χ2n) is 9.49. The molecule has 1 aliphatic rings. The van der Waals surface area contributed by atoms with Gasteiger partial charge < -0.3 is 30.9 Å². The second-order valence-corrected chi connectivity index (χ2v) is 9.49. The average Bonchev–Trinajstić information content (AvgIpc) is 3.35. The zero-order chi connectivity index (χ0) is 26.2. The number of amides is 3. The lowest BCUT2D eigenvalue weighted by Gasteiger charge is -2.29. The fraction of sp³-hybridized carbons (Fsp3) is 0.593. The van der Waals surface area contributed by atoms with Gasteiger partial charge in [-0.25, -0.2) is 4.79 Å². The summed E-state index contributed by atoms with van der Waals surface area (Å²) in [6.07, 6.45) is 6.70. The van der Waals surface area contributed by atoms with Crippen LogP contribution < -0.4 is 16.0 Å². The number of hydrogen-bond acceptors (Lipinski definition) is 6. The molecule has 1 fully saturated rings. The van der Waals surface area contributed by atoms with E-state index in [-0.39, 0.29) is 38.1 Å². The fourth-order valence-corrected chi connectivity index (χ4v) is 4.44. The van der Waals surface area contributed by atoms with E-state index in [1.165, 1.54) is 0 Å². The fourth-order valence-electron chi connectivity index (χ4n) is 4.44. The molecule has 1 aliphatic carbocycles. The summed E-state index contributed by atoms with van der Waals surface area (Å²) < 4.78 is 5.16. The molecule has 2 rings (SSSR count). The summed E-state index contributed by atoms with van der Waals surface area (Å²) in [7, 11) is 0. The molecule has 1 saturated carbocycles. The minimum Gasteiger partial charge on any atom is -0.445 e. The van der Waals surface area contributed by atoms with E-state index in [0.29, 0.717) is 32.2 Å². The third-order valence-electron chi connectivity index (χ3n) is 6.55. The molecule has 5 N–H and O–H groups in total. The summed E-state index contributed by atoms with van der Waals surface area (Å²) in [6, 6.07) is 8.96. The van der Waals surface area contributed by atoms with E-state index in [4.69, 9.17) is 4.74 Å². The molecule has 1 aromatic carbocycles. The molecule has 3 amide bonds. The molecule has 0 aliphatic heterocycles. The van der Waals surface area contributed by atoms with Crippen molar-refractivity contribution in [2.75, 3.05) is 19.8 Å². The highest BCUT2D eigenvalue weighted by Gasteiger charge is 2.35. The Morgan fingerprint density at radius 3 is 2.47 bits per heavy atom. The van der Waals surface area contributed by atoms with Crippen molar-refractivity contribution < 1.29 is 29.3 Å². The number of ether oxygens (including phenoxy) is 1. The molecule has 9 heteroatoms. The molecule has 0 unspecified atom stereocenters. The summed E-state index contributed by atoms with van der Waals surface area (Å²) >= 11 is 0. The van der Waals surface area contributed by atoms with Crippen LogP contribution in [-0.4, -0.2) is 59.5 Å². The van der Waals surface area contributed by atoms with Gasteiger partial charge in [0.15, 0.2) is 0 Å². The van der Waals surface area contributed by atoms with Crippen LogP contribution in [0.4, 0.5) is 4.79 Å². The number of hydrogen-bond donors (Lipinski definition) is 5. The number of rotatable bonds is 16. The number of aliphatic hydroxyl groups is 2. The van der Waals surface area contributed by atoms with Crippen molar-refractivity contribution in [2.45, 2.75) is 76.0 Å². The molecule has 200 valence electrons. The van der Waals surface area contributed by atoms with Gasteiger partial charge in [0.25, 0.3) is 0 Å². The van der Waals surface area contributed by atoms with Crippen molar-refractivity contribution in [1.82, 2.24) is 16.0 Å². The molecule has 0 heterocycles. The topological polar surface area (TPSA) is 137 Å². The van der Waals surface area contributed by atoms with Gasteiger partial charge >= 0.3 is 6.09 Å². The highest BCUT2D eigenvalue weighted by Crippen LogP contribution is 2.29. The lowest BCUT2D eigenvalue weighted by molar-refractivity contribution is -0.132. The monoisotopic (exact) mass is 503 g/mol. The van der Waals surface area contributed by atoms with Gasteiger partial charge in [-0.05, 0) is 44.1 Å². The minimum atomic E-state index is -0.602. The van der Waals surface area contributed by atoms with Gasteiger partial charge in [0.05, 0.1) is 30.7 Å². The molecule has 0 spiro atoms. The number of aliphatic hydroxyl groups excluding tert-OH is 2. The molecular weight excluding hydrogens is 462 g/mol. The zero-order valence-electron chi connectivity index (χ0n) is 21.0. The molecular formula is C27H41N3O6. The van der Waals surface area contributed by atoms with E-state index < -0.39 is 23.6 Å². The Balaban J connectivity index is 1.68. The normalized spacial score (nSPS) is 15.9. The Bertz CT molecular complexity index is 826. The largest absolute Gasteiger partial charge is 0.445 e. The predicted molar refractivity (Wildman–Crippen MR) is 137 cm³/mol. The van der Waals surface area contributed by atoms with Crippen molar-refractivity contribution in [3.63, 3.8) is 0 Å². The number of carbonyl (C=O) groups excluding carboxylic acids is 3. The van der Waals surface area contributed by atoms with E-state index in [1.807, 2.05) is 30.3 Å². The van der Waals surface area contributed by atoms with E-state index in [2.05, 4.69) is 22.5 Å². The number of allylic oxidation sites excluding steroid dienone is 1. The predicted octanol–water partition coefficient (Wildman–Crippen LogP) is 2.56. The summed E-state index contributed by atoms with van der Waals surface area (Å²) in [5.41, 5.74) is 0.329. The molecule has 0 bridgehead atoms. The summed E-state index contributed by atoms with van der Waals surface area (Å²) in [4.78, 5) is 37.2. The van der Waals surface area contributed by atoms with Crippen LogP contribution in [0.25, 0.3) is 0 Å². The van der Waals surface area contributed by atoms with Crippen LogP contribution >= 0.6 is 0 Å². The summed E-state index contributed by atoms with van der Waals surface area (Å²) in [5, 5.41) is 27.9. The van der Waals surface area contributed by atoms with Crippen LogP contribution in [0.15, 0.2) is 43.0 Å². The molecule has 0 saturated heterocycles. The Labute approximate surface area is 213 Å². The maximum atomic E-state index is 12.8. The molecule has 0 radical (unpaired) electrons. The van der Waals surface area contributed by atoms with Crippen LogP contribution in [0.3, 0.4) is 0 Å². The second kappa shape index (κ2) is 16.0. The van der Waals surface area contributed by atoms with Crippen molar-refractivity contribution in [3.8, 4) is 0 Å². The number of carbonyl (C=O) groups is 3. The number of benzene rings is 1. The lowest BCUT2D eigenvalue weighted by atomic mass is 9.95. The number of unbranched alkanes of at least 4 members (excludes halogenated alkanes) is 1. The van der Waals surface area contributed by atoms with E-state index >= 15 is 0 Å². The summed E-state index contributed by atoms with van der Waals surface area (Å²) in [5.74, 6) is -1.18. The highest BCUT2D eigenvalue weighted by molar-refractivity contribution is 5.86. The Kier molecular flexibility index (Phi) is 13.0. The van der Waals surface area contributed by atoms with Gasteiger partial charge in [0, 0.05) is 13.0 Å². The van der Waals surface area contributed by atoms with Crippen molar-refractivity contribution >= 4 is 17.9 Å². The molecule has 2 atom stereocenters. The van der Waals surface area contributed by atoms with E-state index in [1.54, 1.807) is 6.08 Å². The third kappa shape index (κ3) is 10.4. The first-order chi connectivity index (χ1) is 17.4. The summed E-state index contributed by atoms with van der Waals surface area (Å²) in [6.45, 7) is 3.99. The Hall–Kier alpha value is -2.91. The van der Waals surface area contributed by atoms with Gasteiger partial charge in [-0.15, -0.1) is 6.58 Å². The Morgan fingerprint density at radius 2 is 1.83 bits per heavy atom. The maximum Gasteiger partial charge on any atom is 0.407 e. The highest BCUT2D eigenvalue weighted by atomic mass is 16.5. The standard InChI is InChI=1S/C27H41N3O6/c1-2-10-22(17-24(33)30-27(20-32)14-7-8-15-27)25(34)29-23(18-31)13-6-9-16-28-26(35)36-19-21-11-4-3-5-12-21/h2-5,11-12,22-23,31-32H,1,6-10,13-20H2,(H,28,35)(H,29,34)(H,30,33)/t22-,23+/m1/s1. The molecule has 36 heavy (non-hydrogen) atoms. The van der Waals surface area contributed by atoms with Gasteiger partial charge in [-0.2, -0.15) is 0 Å². The van der Waals surface area contributed by atoms with Gasteiger partial charge in [0.1, 0.15) is 6.61 Å². The Morgan fingerprint density at radius 1 is 1.11 bits per heavy atom. The average molecular weight is 504 g/mol. The van der Waals surface area contributed by atoms with Gasteiger partial charge in [0.2, 0.25) is 11.8 Å². The minimum absolute atomic E-state index is 0.00718. The van der Waals surface area contributed by atoms with E-state index in [9.17, 15) is 24.6 Å². The third-order valence-corrected chi connectivity index (χ3v) is 6.55. The van der Waals surface area contributed by atoms with Gasteiger partial charge in [-0.3, -0.25) is 9.59 Å². The van der Waals surface area contributed by atoms with Crippen molar-refractivity contribution in [2.24, 2.45) is 5.92 Å². The van der Waals surface area contributed by atoms with Crippen LogP contribution in [0.5, 0.6) is 0 Å². The quantitative estimate of drug-likeness (QED) is 0.174.